The molecular formula is C20H19Cl2FN4O2. The molecule has 0 fully saturated rings. The van der Waals surface area contributed by atoms with Gasteiger partial charge in [0, 0.05) is 7.05 Å². The van der Waals surface area contributed by atoms with Crippen LogP contribution >= 0.6 is 23.2 Å². The van der Waals surface area contributed by atoms with E-state index in [-0.39, 0.29) is 11.2 Å². The third-order valence-corrected chi connectivity index (χ3v) is 5.06. The van der Waals surface area contributed by atoms with E-state index in [4.69, 9.17) is 23.2 Å². The topological polar surface area (TPSA) is 68.1 Å². The first-order valence-electron chi connectivity index (χ1n) is 8.74. The number of rotatable bonds is 5. The summed E-state index contributed by atoms with van der Waals surface area (Å²) in [6.07, 6.45) is 0. The molecular weight excluding hydrogens is 418 g/mol. The molecule has 0 aliphatic carbocycles. The van der Waals surface area contributed by atoms with E-state index >= 15 is 0 Å². The van der Waals surface area contributed by atoms with Gasteiger partial charge in [-0.1, -0.05) is 30.3 Å². The van der Waals surface area contributed by atoms with Gasteiger partial charge in [-0.2, -0.15) is 0 Å². The second kappa shape index (κ2) is 8.71. The van der Waals surface area contributed by atoms with Gasteiger partial charge < -0.3 is 10.6 Å². The number of amides is 2. The van der Waals surface area contributed by atoms with Crippen LogP contribution in [0.2, 0.25) is 0 Å². The number of aromatic nitrogens is 2. The van der Waals surface area contributed by atoms with E-state index < -0.39 is 22.7 Å². The highest BCUT2D eigenvalue weighted by molar-refractivity contribution is 6.44. The molecule has 0 saturated heterocycles. The van der Waals surface area contributed by atoms with Crippen molar-refractivity contribution in [1.82, 2.24) is 14.7 Å². The van der Waals surface area contributed by atoms with Crippen molar-refractivity contribution in [1.29, 1.82) is 0 Å². The van der Waals surface area contributed by atoms with Gasteiger partial charge in [0.1, 0.15) is 16.3 Å². The Labute approximate surface area is 176 Å². The number of anilines is 1. The van der Waals surface area contributed by atoms with Crippen molar-refractivity contribution < 1.29 is 9.18 Å². The predicted molar refractivity (Wildman–Crippen MR) is 113 cm³/mol. The second-order valence-corrected chi connectivity index (χ2v) is 7.56. The van der Waals surface area contributed by atoms with Gasteiger partial charge in [-0.15, -0.1) is 23.2 Å². The fourth-order valence-corrected chi connectivity index (χ4v) is 3.38. The normalized spacial score (nSPS) is 12.1. The molecule has 9 heteroatoms. The minimum Gasteiger partial charge on any atom is -0.328 e. The third-order valence-electron chi connectivity index (χ3n) is 4.56. The first kappa shape index (κ1) is 21.0. The average molecular weight is 437 g/mol. The van der Waals surface area contributed by atoms with Crippen LogP contribution in [0.15, 0.2) is 59.4 Å². The second-order valence-electron chi connectivity index (χ2n) is 6.40. The smallest absolute Gasteiger partial charge is 0.320 e. The SMILES string of the molecule is Cc1c(NC(=O)N[C@@H](c2ccc(F)cc2)C(Cl)Cl)c(=O)n(-c2ccccc2)n1C. The van der Waals surface area contributed by atoms with Gasteiger partial charge in [-0.25, -0.2) is 13.9 Å². The molecule has 2 aromatic carbocycles. The number of hydrogen-bond acceptors (Lipinski definition) is 2. The van der Waals surface area contributed by atoms with Crippen LogP contribution in [0.1, 0.15) is 17.3 Å². The fraction of sp³-hybridized carbons (Fsp3) is 0.200. The molecule has 2 amide bonds. The van der Waals surface area contributed by atoms with Gasteiger partial charge >= 0.3 is 6.03 Å². The maximum Gasteiger partial charge on any atom is 0.320 e. The van der Waals surface area contributed by atoms with E-state index in [1.165, 1.54) is 28.9 Å². The number of alkyl halides is 2. The maximum absolute atomic E-state index is 13.2. The van der Waals surface area contributed by atoms with Crippen molar-refractivity contribution in [2.75, 3.05) is 5.32 Å². The number of nitrogens with one attached hydrogen (secondary N) is 2. The molecule has 152 valence electrons. The maximum atomic E-state index is 13.2. The van der Waals surface area contributed by atoms with Gasteiger partial charge in [0.05, 0.1) is 17.4 Å². The summed E-state index contributed by atoms with van der Waals surface area (Å²) in [5.41, 5.74) is 1.52. The Morgan fingerprint density at radius 3 is 2.28 bits per heavy atom. The molecule has 0 radical (unpaired) electrons. The molecule has 0 spiro atoms. The summed E-state index contributed by atoms with van der Waals surface area (Å²) in [5.74, 6) is -0.418. The molecule has 1 heterocycles. The van der Waals surface area contributed by atoms with Gasteiger partial charge in [-0.3, -0.25) is 9.48 Å². The Morgan fingerprint density at radius 1 is 1.07 bits per heavy atom. The van der Waals surface area contributed by atoms with Crippen molar-refractivity contribution in [3.63, 3.8) is 0 Å². The largest absolute Gasteiger partial charge is 0.328 e. The van der Waals surface area contributed by atoms with Crippen molar-refractivity contribution in [3.8, 4) is 5.69 Å². The zero-order valence-corrected chi connectivity index (χ0v) is 17.2. The number of benzene rings is 2. The lowest BCUT2D eigenvalue weighted by Crippen LogP contribution is -2.36. The molecule has 0 saturated carbocycles. The highest BCUT2D eigenvalue weighted by Crippen LogP contribution is 2.25. The Bertz CT molecular complexity index is 1060. The highest BCUT2D eigenvalue weighted by Gasteiger charge is 2.24. The van der Waals surface area contributed by atoms with E-state index in [9.17, 15) is 14.0 Å². The summed E-state index contributed by atoms with van der Waals surface area (Å²) < 4.78 is 16.3. The Balaban J connectivity index is 1.85. The summed E-state index contributed by atoms with van der Waals surface area (Å²) in [7, 11) is 1.72. The molecule has 29 heavy (non-hydrogen) atoms. The average Bonchev–Trinajstić information content (AvgIpc) is 2.90. The highest BCUT2D eigenvalue weighted by atomic mass is 35.5. The predicted octanol–water partition coefficient (Wildman–Crippen LogP) is 4.29. The zero-order valence-electron chi connectivity index (χ0n) is 15.7. The monoisotopic (exact) mass is 436 g/mol. The number of urea groups is 1. The van der Waals surface area contributed by atoms with Crippen LogP contribution in [0, 0.1) is 12.7 Å². The zero-order chi connectivity index (χ0) is 21.1. The lowest BCUT2D eigenvalue weighted by atomic mass is 10.1. The van der Waals surface area contributed by atoms with E-state index in [2.05, 4.69) is 10.6 Å². The van der Waals surface area contributed by atoms with E-state index in [1.807, 2.05) is 18.2 Å². The van der Waals surface area contributed by atoms with Gasteiger partial charge in [0.15, 0.2) is 0 Å². The van der Waals surface area contributed by atoms with Gasteiger partial charge in [0.25, 0.3) is 5.56 Å². The molecule has 6 nitrogen and oxygen atoms in total. The molecule has 0 bridgehead atoms. The van der Waals surface area contributed by atoms with Crippen LogP contribution < -0.4 is 16.2 Å². The van der Waals surface area contributed by atoms with Crippen LogP contribution in [0.5, 0.6) is 0 Å². The third kappa shape index (κ3) is 4.46. The Kier molecular flexibility index (Phi) is 6.30. The number of carbonyl (C=O) groups excluding carboxylic acids is 1. The molecule has 3 aromatic rings. The molecule has 0 aliphatic heterocycles. The van der Waals surface area contributed by atoms with Crippen molar-refractivity contribution >= 4 is 34.9 Å². The molecule has 0 aliphatic rings. The standard InChI is InChI=1S/C20H19Cl2FN4O2/c1-12-16(19(28)27(26(12)2)15-6-4-3-5-7-15)24-20(29)25-17(18(21)22)13-8-10-14(23)11-9-13/h3-11,17-18H,1-2H3,(H2,24,25,29)/t17-/m0/s1. The van der Waals surface area contributed by atoms with E-state index in [1.54, 1.807) is 30.8 Å². The molecule has 3 rings (SSSR count). The number of nitrogens with zero attached hydrogens (tertiary/aromatic N) is 2. The first-order chi connectivity index (χ1) is 13.8. The summed E-state index contributed by atoms with van der Waals surface area (Å²) >= 11 is 12.0. The Hall–Kier alpha value is -2.77. The Morgan fingerprint density at radius 2 is 1.69 bits per heavy atom. The summed E-state index contributed by atoms with van der Waals surface area (Å²) in [6, 6.07) is 13.1. The number of hydrogen-bond donors (Lipinski definition) is 2. The quantitative estimate of drug-likeness (QED) is 0.585. The summed E-state index contributed by atoms with van der Waals surface area (Å²) in [6.45, 7) is 1.72. The number of halogens is 3. The van der Waals surface area contributed by atoms with Gasteiger partial charge in [0.2, 0.25) is 0 Å². The molecule has 0 unspecified atom stereocenters. The minimum atomic E-state index is -0.982. The van der Waals surface area contributed by atoms with Crippen molar-refractivity contribution in [2.24, 2.45) is 7.05 Å². The lowest BCUT2D eigenvalue weighted by Gasteiger charge is -2.20. The van der Waals surface area contributed by atoms with Crippen LogP contribution in [0.3, 0.4) is 0 Å². The van der Waals surface area contributed by atoms with Gasteiger partial charge in [-0.05, 0) is 36.8 Å². The molecule has 1 atom stereocenters. The molecule has 2 N–H and O–H groups in total. The van der Waals surface area contributed by atoms with Crippen LogP contribution in [0.25, 0.3) is 5.69 Å². The number of para-hydroxylation sites is 1. The van der Waals surface area contributed by atoms with E-state index in [0.717, 1.165) is 0 Å². The van der Waals surface area contributed by atoms with Crippen molar-refractivity contribution in [2.45, 2.75) is 17.8 Å². The summed E-state index contributed by atoms with van der Waals surface area (Å²) in [5, 5.41) is 5.21. The lowest BCUT2D eigenvalue weighted by molar-refractivity contribution is 0.249. The number of carbonyl (C=O) groups is 1. The van der Waals surface area contributed by atoms with Crippen LogP contribution in [0.4, 0.5) is 14.9 Å². The summed E-state index contributed by atoms with van der Waals surface area (Å²) in [4.78, 5) is 24.5. The van der Waals surface area contributed by atoms with Crippen molar-refractivity contribution in [3.05, 3.63) is 82.0 Å². The van der Waals surface area contributed by atoms with Crippen LogP contribution in [-0.4, -0.2) is 20.2 Å². The first-order valence-corrected chi connectivity index (χ1v) is 9.62. The van der Waals surface area contributed by atoms with E-state index in [0.29, 0.717) is 16.9 Å². The minimum absolute atomic E-state index is 0.132. The van der Waals surface area contributed by atoms with Crippen LogP contribution in [-0.2, 0) is 7.05 Å². The fourth-order valence-electron chi connectivity index (χ4n) is 2.97. The molecule has 1 aromatic heterocycles.